The highest BCUT2D eigenvalue weighted by molar-refractivity contribution is 6.18. The van der Waals surface area contributed by atoms with Gasteiger partial charge in [-0.3, -0.25) is 9.59 Å². The molecule has 0 bridgehead atoms. The summed E-state index contributed by atoms with van der Waals surface area (Å²) in [6.45, 7) is 0. The fourth-order valence-corrected chi connectivity index (χ4v) is 4.32. The molecule has 1 N–H and O–H groups in total. The molecule has 4 heteroatoms. The molecule has 0 saturated carbocycles. The van der Waals surface area contributed by atoms with E-state index in [9.17, 15) is 14.7 Å². The Balaban J connectivity index is 1.80. The van der Waals surface area contributed by atoms with Gasteiger partial charge in [0.2, 0.25) is 5.43 Å². The topological polar surface area (TPSA) is 67.5 Å². The molecule has 0 saturated heterocycles. The third-order valence-electron chi connectivity index (χ3n) is 5.97. The van der Waals surface area contributed by atoms with Crippen LogP contribution in [-0.4, -0.2) is 10.9 Å². The first-order valence-electron chi connectivity index (χ1n) is 11.8. The second-order valence-electron chi connectivity index (χ2n) is 8.02. The van der Waals surface area contributed by atoms with Gasteiger partial charge in [-0.05, 0) is 58.3 Å². The van der Waals surface area contributed by atoms with Crippen LogP contribution in [0.25, 0.3) is 43.8 Å². The Morgan fingerprint density at radius 2 is 1.53 bits per heavy atom. The van der Waals surface area contributed by atoms with Gasteiger partial charge in [-0.15, -0.1) is 0 Å². The number of rotatable bonds is 3. The first-order valence-corrected chi connectivity index (χ1v) is 10.8. The number of phenols is 1. The number of para-hydroxylation sites is 2. The van der Waals surface area contributed by atoms with E-state index in [1.54, 1.807) is 42.5 Å². The van der Waals surface area contributed by atoms with Crippen LogP contribution in [0.5, 0.6) is 5.75 Å². The Morgan fingerprint density at radius 1 is 0.794 bits per heavy atom. The van der Waals surface area contributed by atoms with Crippen molar-refractivity contribution in [3.05, 3.63) is 124 Å². The molecule has 6 rings (SSSR count). The summed E-state index contributed by atoms with van der Waals surface area (Å²) in [6.07, 6.45) is 0. The predicted octanol–water partition coefficient (Wildman–Crippen LogP) is 6.70. The largest absolute Gasteiger partial charge is 0.507 e. The van der Waals surface area contributed by atoms with E-state index in [1.807, 2.05) is 30.3 Å². The fourth-order valence-electron chi connectivity index (χ4n) is 4.32. The van der Waals surface area contributed by atoms with Crippen LogP contribution in [0.1, 0.15) is 18.7 Å². The third kappa shape index (κ3) is 3.08. The Morgan fingerprint density at radius 3 is 2.35 bits per heavy atom. The average molecular weight is 444 g/mol. The highest BCUT2D eigenvalue weighted by Crippen LogP contribution is 2.36. The molecule has 0 unspecified atom stereocenters. The Bertz CT molecular complexity index is 1910. The lowest BCUT2D eigenvalue weighted by atomic mass is 9.92. The molecule has 0 atom stereocenters. The van der Waals surface area contributed by atoms with Crippen molar-refractivity contribution in [1.82, 2.24) is 0 Å². The molecular formula is C30H18O4. The second kappa shape index (κ2) is 7.71. The van der Waals surface area contributed by atoms with Crippen LogP contribution in [0.3, 0.4) is 0 Å². The zero-order valence-corrected chi connectivity index (χ0v) is 17.8. The summed E-state index contributed by atoms with van der Waals surface area (Å²) in [6, 6.07) is 25.2. The van der Waals surface area contributed by atoms with E-state index in [4.69, 9.17) is 7.16 Å². The summed E-state index contributed by atoms with van der Waals surface area (Å²) in [4.78, 5) is 26.9. The molecule has 162 valence electrons. The zero-order chi connectivity index (χ0) is 25.0. The Kier molecular flexibility index (Phi) is 4.04. The van der Waals surface area contributed by atoms with E-state index >= 15 is 0 Å². The molecule has 5 aromatic carbocycles. The Hall–Kier alpha value is -4.70. The van der Waals surface area contributed by atoms with Crippen LogP contribution >= 0.6 is 0 Å². The summed E-state index contributed by atoms with van der Waals surface area (Å²) >= 11 is 0. The molecule has 6 aromatic rings. The molecule has 0 radical (unpaired) electrons. The minimum Gasteiger partial charge on any atom is -0.507 e. The minimum absolute atomic E-state index is 0.00175. The standard InChI is InChI=1S/C30H18O4/c31-25-12-6-4-10-21(25)29(32)19-14-15-20-24(16-19)23(18-8-2-1-3-9-18)17-27-28(20)30(33)22-11-5-7-13-26(22)34-27/h1-17,31H/i15D,17D. The molecular weight excluding hydrogens is 424 g/mol. The SMILES string of the molecule is [2H]c1c(-c2ccccc2)c2cc(C(=O)c3ccccc3O)cc([2H])c2c2c(=O)c3ccccc3oc12. The predicted molar refractivity (Wildman–Crippen MR) is 134 cm³/mol. The monoisotopic (exact) mass is 444 g/mol. The Labute approximate surface area is 197 Å². The molecule has 34 heavy (non-hydrogen) atoms. The fraction of sp³-hybridized carbons (Fsp3) is 0. The molecule has 0 aliphatic carbocycles. The molecule has 4 nitrogen and oxygen atoms in total. The van der Waals surface area contributed by atoms with Gasteiger partial charge in [0.15, 0.2) is 5.78 Å². The van der Waals surface area contributed by atoms with Crippen LogP contribution in [0.15, 0.2) is 112 Å². The van der Waals surface area contributed by atoms with Crippen molar-refractivity contribution in [3.63, 3.8) is 0 Å². The van der Waals surface area contributed by atoms with Crippen molar-refractivity contribution in [2.24, 2.45) is 0 Å². The molecule has 0 aliphatic heterocycles. The maximum absolute atomic E-state index is 13.6. The van der Waals surface area contributed by atoms with E-state index in [0.29, 0.717) is 32.9 Å². The van der Waals surface area contributed by atoms with Gasteiger partial charge in [0.1, 0.15) is 16.9 Å². The summed E-state index contributed by atoms with van der Waals surface area (Å²) < 4.78 is 24.0. The van der Waals surface area contributed by atoms with Gasteiger partial charge in [0.05, 0.1) is 19.1 Å². The van der Waals surface area contributed by atoms with E-state index in [2.05, 4.69) is 0 Å². The van der Waals surface area contributed by atoms with Gasteiger partial charge < -0.3 is 9.52 Å². The molecule has 1 aromatic heterocycles. The number of ketones is 1. The first kappa shape index (κ1) is 17.8. The average Bonchev–Trinajstić information content (AvgIpc) is 2.89. The van der Waals surface area contributed by atoms with Crippen LogP contribution in [0.4, 0.5) is 0 Å². The highest BCUT2D eigenvalue weighted by atomic mass is 16.3. The number of carbonyl (C=O) groups excluding carboxylic acids is 1. The van der Waals surface area contributed by atoms with E-state index < -0.39 is 5.78 Å². The lowest BCUT2D eigenvalue weighted by Crippen LogP contribution is -2.05. The lowest BCUT2D eigenvalue weighted by molar-refractivity contribution is 0.103. The highest BCUT2D eigenvalue weighted by Gasteiger charge is 2.18. The van der Waals surface area contributed by atoms with Crippen molar-refractivity contribution in [2.75, 3.05) is 0 Å². The van der Waals surface area contributed by atoms with Crippen molar-refractivity contribution < 1.29 is 17.1 Å². The van der Waals surface area contributed by atoms with Crippen molar-refractivity contribution in [3.8, 4) is 16.9 Å². The van der Waals surface area contributed by atoms with E-state index in [-0.39, 0.29) is 45.4 Å². The van der Waals surface area contributed by atoms with Gasteiger partial charge in [-0.25, -0.2) is 0 Å². The molecule has 0 spiro atoms. The number of benzene rings is 5. The summed E-state index contributed by atoms with van der Waals surface area (Å²) in [5.74, 6) is -0.621. The third-order valence-corrected chi connectivity index (χ3v) is 5.97. The second-order valence-corrected chi connectivity index (χ2v) is 8.02. The van der Waals surface area contributed by atoms with Crippen LogP contribution in [-0.2, 0) is 0 Å². The minimum atomic E-state index is -0.459. The van der Waals surface area contributed by atoms with Gasteiger partial charge in [0, 0.05) is 5.56 Å². The molecule has 1 heterocycles. The number of fused-ring (bicyclic) bond motifs is 4. The van der Waals surface area contributed by atoms with Gasteiger partial charge in [-0.1, -0.05) is 66.7 Å². The zero-order valence-electron chi connectivity index (χ0n) is 19.8. The lowest BCUT2D eigenvalue weighted by Gasteiger charge is -2.13. The number of aromatic hydroxyl groups is 1. The van der Waals surface area contributed by atoms with Crippen LogP contribution < -0.4 is 5.43 Å². The maximum Gasteiger partial charge on any atom is 0.201 e. The summed E-state index contributed by atoms with van der Waals surface area (Å²) in [5, 5.41) is 11.5. The molecule has 0 amide bonds. The van der Waals surface area contributed by atoms with E-state index in [1.165, 1.54) is 18.2 Å². The van der Waals surface area contributed by atoms with Gasteiger partial charge in [-0.2, -0.15) is 0 Å². The first-order chi connectivity index (χ1) is 17.5. The normalized spacial score (nSPS) is 12.1. The number of hydrogen-bond acceptors (Lipinski definition) is 4. The van der Waals surface area contributed by atoms with E-state index in [0.717, 1.165) is 0 Å². The molecule has 0 aliphatic rings. The van der Waals surface area contributed by atoms with Crippen LogP contribution in [0, 0.1) is 0 Å². The van der Waals surface area contributed by atoms with Crippen molar-refractivity contribution >= 4 is 38.5 Å². The quantitative estimate of drug-likeness (QED) is 0.187. The van der Waals surface area contributed by atoms with Crippen LogP contribution in [0.2, 0.25) is 0 Å². The van der Waals surface area contributed by atoms with Gasteiger partial charge in [0.25, 0.3) is 0 Å². The van der Waals surface area contributed by atoms with Crippen molar-refractivity contribution in [2.45, 2.75) is 0 Å². The molecule has 0 fully saturated rings. The number of hydrogen-bond donors (Lipinski definition) is 1. The number of phenolic OH excluding ortho intramolecular Hbond substituents is 1. The smallest absolute Gasteiger partial charge is 0.201 e. The van der Waals surface area contributed by atoms with Crippen molar-refractivity contribution in [1.29, 1.82) is 0 Å². The van der Waals surface area contributed by atoms with Gasteiger partial charge >= 0.3 is 0 Å². The maximum atomic E-state index is 13.6. The number of carbonyl (C=O) groups is 1. The summed E-state index contributed by atoms with van der Waals surface area (Å²) in [5.41, 5.74) is 1.55. The summed E-state index contributed by atoms with van der Waals surface area (Å²) in [7, 11) is 0.